The van der Waals surface area contributed by atoms with Crippen LogP contribution in [0.15, 0.2) is 12.1 Å². The van der Waals surface area contributed by atoms with Crippen LogP contribution in [0.3, 0.4) is 0 Å². The quantitative estimate of drug-likeness (QED) is 0.815. The van der Waals surface area contributed by atoms with Crippen molar-refractivity contribution in [2.45, 2.75) is 51.5 Å². The number of carbonyl (C=O) groups is 1. The van der Waals surface area contributed by atoms with Crippen LogP contribution < -0.4 is 10.6 Å². The van der Waals surface area contributed by atoms with Crippen LogP contribution in [0.4, 0.5) is 11.5 Å². The summed E-state index contributed by atoms with van der Waals surface area (Å²) in [5.74, 6) is 1.71. The number of amides is 1. The topological polar surface area (TPSA) is 54.0 Å². The number of carbonyl (C=O) groups excluding carboxylic acids is 1. The number of nitrogens with zero attached hydrogens (tertiary/aromatic N) is 1. The molecule has 0 atom stereocenters. The van der Waals surface area contributed by atoms with Crippen molar-refractivity contribution < 1.29 is 4.79 Å². The number of hydrogen-bond acceptors (Lipinski definition) is 3. The molecule has 0 bridgehead atoms. The fourth-order valence-electron chi connectivity index (χ4n) is 3.21. The monoisotopic (exact) mass is 259 g/mol. The smallest absolute Gasteiger partial charge is 0.250 e. The molecule has 19 heavy (non-hydrogen) atoms. The number of anilines is 2. The first-order chi connectivity index (χ1) is 9.13. The molecule has 0 aromatic carbocycles. The van der Waals surface area contributed by atoms with Crippen molar-refractivity contribution in [1.82, 2.24) is 4.98 Å². The van der Waals surface area contributed by atoms with E-state index >= 15 is 0 Å². The fraction of sp³-hybridized carbons (Fsp3) is 0.600. The molecule has 4 heteroatoms. The van der Waals surface area contributed by atoms with Gasteiger partial charge >= 0.3 is 0 Å². The van der Waals surface area contributed by atoms with Crippen molar-refractivity contribution >= 4 is 17.4 Å². The summed E-state index contributed by atoms with van der Waals surface area (Å²) in [4.78, 5) is 16.9. The third kappa shape index (κ3) is 2.09. The van der Waals surface area contributed by atoms with E-state index in [1.807, 2.05) is 19.1 Å². The molecule has 1 amide bonds. The van der Waals surface area contributed by atoms with E-state index in [2.05, 4.69) is 22.5 Å². The highest BCUT2D eigenvalue weighted by atomic mass is 16.2. The minimum Gasteiger partial charge on any atom is -0.354 e. The van der Waals surface area contributed by atoms with Crippen molar-refractivity contribution in [2.24, 2.45) is 5.92 Å². The maximum Gasteiger partial charge on any atom is 0.250 e. The number of pyridine rings is 1. The Bertz CT molecular complexity index is 504. The summed E-state index contributed by atoms with van der Waals surface area (Å²) in [6.07, 6.45) is 5.28. The lowest BCUT2D eigenvalue weighted by atomic mass is 9.74. The van der Waals surface area contributed by atoms with Crippen molar-refractivity contribution in [1.29, 1.82) is 0 Å². The van der Waals surface area contributed by atoms with Crippen molar-refractivity contribution in [3.63, 3.8) is 0 Å². The van der Waals surface area contributed by atoms with E-state index in [9.17, 15) is 4.79 Å². The van der Waals surface area contributed by atoms with E-state index in [1.165, 1.54) is 6.42 Å². The molecule has 0 unspecified atom stereocenters. The number of fused-ring (bicyclic) bond motifs is 1. The van der Waals surface area contributed by atoms with Gasteiger partial charge in [0.25, 0.3) is 0 Å². The number of nitrogens with one attached hydrogen (secondary N) is 2. The zero-order valence-corrected chi connectivity index (χ0v) is 11.6. The number of rotatable bonds is 1. The van der Waals surface area contributed by atoms with Gasteiger partial charge in [-0.15, -0.1) is 0 Å². The Morgan fingerprint density at radius 3 is 2.79 bits per heavy atom. The Hall–Kier alpha value is -1.58. The molecule has 4 nitrogen and oxygen atoms in total. The van der Waals surface area contributed by atoms with E-state index in [0.29, 0.717) is 0 Å². The van der Waals surface area contributed by atoms with Crippen LogP contribution in [-0.4, -0.2) is 16.4 Å². The van der Waals surface area contributed by atoms with Crippen molar-refractivity contribution in [3.8, 4) is 0 Å². The summed E-state index contributed by atoms with van der Waals surface area (Å²) in [5.41, 5.74) is 1.35. The highest BCUT2D eigenvalue weighted by Crippen LogP contribution is 2.40. The van der Waals surface area contributed by atoms with Crippen LogP contribution in [0.1, 0.15) is 44.7 Å². The van der Waals surface area contributed by atoms with Crippen molar-refractivity contribution in [3.05, 3.63) is 17.8 Å². The highest BCUT2D eigenvalue weighted by Gasteiger charge is 2.44. The molecule has 3 rings (SSSR count). The molecule has 2 N–H and O–H groups in total. The zero-order chi connectivity index (χ0) is 13.5. The predicted octanol–water partition coefficient (Wildman–Crippen LogP) is 3.09. The average Bonchev–Trinajstić information content (AvgIpc) is 2.41. The molecule has 1 saturated carbocycles. The SMILES string of the molecule is CCC1CCC2(CC1)Nc1nc(C)ccc1NC2=O. The third-order valence-electron chi connectivity index (χ3n) is 4.61. The summed E-state index contributed by atoms with van der Waals surface area (Å²) in [5, 5.41) is 6.44. The predicted molar refractivity (Wildman–Crippen MR) is 76.2 cm³/mol. The van der Waals surface area contributed by atoms with Gasteiger partial charge in [0.05, 0.1) is 5.69 Å². The number of aromatic nitrogens is 1. The summed E-state index contributed by atoms with van der Waals surface area (Å²) < 4.78 is 0. The van der Waals surface area contributed by atoms with Crippen LogP contribution >= 0.6 is 0 Å². The Labute approximate surface area is 114 Å². The standard InChI is InChI=1S/C15H21N3O/c1-3-11-6-8-15(9-7-11)14(19)17-12-5-4-10(2)16-13(12)18-15/h4-5,11H,3,6-9H2,1-2H3,(H,16,18)(H,17,19). The average molecular weight is 259 g/mol. The summed E-state index contributed by atoms with van der Waals surface area (Å²) in [7, 11) is 0. The van der Waals surface area contributed by atoms with Crippen molar-refractivity contribution in [2.75, 3.05) is 10.6 Å². The second kappa shape index (κ2) is 4.51. The lowest BCUT2D eigenvalue weighted by molar-refractivity contribution is -0.121. The van der Waals surface area contributed by atoms with Gasteiger partial charge in [-0.3, -0.25) is 4.79 Å². The van der Waals surface area contributed by atoms with Crippen LogP contribution in [0.25, 0.3) is 0 Å². The summed E-state index contributed by atoms with van der Waals surface area (Å²) in [6, 6.07) is 3.85. The van der Waals surface area contributed by atoms with E-state index in [-0.39, 0.29) is 5.91 Å². The summed E-state index contributed by atoms with van der Waals surface area (Å²) in [6.45, 7) is 4.20. The molecule has 1 aromatic rings. The second-order valence-corrected chi connectivity index (χ2v) is 5.86. The lowest BCUT2D eigenvalue weighted by Crippen LogP contribution is -2.54. The first-order valence-corrected chi connectivity index (χ1v) is 7.20. The van der Waals surface area contributed by atoms with Gasteiger partial charge in [0.1, 0.15) is 5.54 Å². The Morgan fingerprint density at radius 2 is 2.11 bits per heavy atom. The van der Waals surface area contributed by atoms with Gasteiger partial charge in [0.2, 0.25) is 5.91 Å². The van der Waals surface area contributed by atoms with Crippen LogP contribution in [0.5, 0.6) is 0 Å². The zero-order valence-electron chi connectivity index (χ0n) is 11.6. The Morgan fingerprint density at radius 1 is 1.37 bits per heavy atom. The minimum atomic E-state index is -0.431. The van der Waals surface area contributed by atoms with Gasteiger partial charge in [0.15, 0.2) is 5.82 Å². The molecule has 102 valence electrons. The molecule has 1 aliphatic carbocycles. The van der Waals surface area contributed by atoms with Crippen LogP contribution in [0.2, 0.25) is 0 Å². The van der Waals surface area contributed by atoms with Crippen LogP contribution in [0, 0.1) is 12.8 Å². The van der Waals surface area contributed by atoms with E-state index in [4.69, 9.17) is 0 Å². The molecular formula is C15H21N3O. The van der Waals surface area contributed by atoms with E-state index < -0.39 is 5.54 Å². The molecule has 0 radical (unpaired) electrons. The second-order valence-electron chi connectivity index (χ2n) is 5.86. The Balaban J connectivity index is 1.87. The molecule has 1 aliphatic heterocycles. The van der Waals surface area contributed by atoms with Gasteiger partial charge in [-0.05, 0) is 50.7 Å². The minimum absolute atomic E-state index is 0.111. The molecule has 0 saturated heterocycles. The normalized spacial score (nSPS) is 29.6. The number of hydrogen-bond donors (Lipinski definition) is 2. The molecule has 1 aromatic heterocycles. The Kier molecular flexibility index (Phi) is 2.96. The van der Waals surface area contributed by atoms with E-state index in [1.54, 1.807) is 0 Å². The molecule has 1 fully saturated rings. The van der Waals surface area contributed by atoms with E-state index in [0.717, 1.165) is 48.8 Å². The first kappa shape index (κ1) is 12.5. The highest BCUT2D eigenvalue weighted by molar-refractivity contribution is 6.05. The fourth-order valence-corrected chi connectivity index (χ4v) is 3.21. The maximum absolute atomic E-state index is 12.4. The van der Waals surface area contributed by atoms with Gasteiger partial charge in [-0.1, -0.05) is 13.3 Å². The molecule has 1 spiro atoms. The van der Waals surface area contributed by atoms with Gasteiger partial charge in [-0.2, -0.15) is 0 Å². The lowest BCUT2D eigenvalue weighted by Gasteiger charge is -2.42. The van der Waals surface area contributed by atoms with Gasteiger partial charge in [-0.25, -0.2) is 4.98 Å². The summed E-state index contributed by atoms with van der Waals surface area (Å²) >= 11 is 0. The largest absolute Gasteiger partial charge is 0.354 e. The van der Waals surface area contributed by atoms with Gasteiger partial charge < -0.3 is 10.6 Å². The third-order valence-corrected chi connectivity index (χ3v) is 4.61. The maximum atomic E-state index is 12.4. The van der Waals surface area contributed by atoms with Gasteiger partial charge in [0, 0.05) is 5.69 Å². The van der Waals surface area contributed by atoms with Crippen LogP contribution in [-0.2, 0) is 4.79 Å². The molecule has 2 heterocycles. The first-order valence-electron chi connectivity index (χ1n) is 7.20. The molecule has 2 aliphatic rings. The number of aryl methyl sites for hydroxylation is 1. The molecular weight excluding hydrogens is 238 g/mol.